The third kappa shape index (κ3) is 4.40. The number of amides is 1. The molecule has 0 aliphatic rings. The molecule has 1 amide bonds. The topological polar surface area (TPSA) is 95.9 Å². The van der Waals surface area contributed by atoms with Crippen molar-refractivity contribution in [1.29, 1.82) is 0 Å². The van der Waals surface area contributed by atoms with Crippen LogP contribution in [0.2, 0.25) is 5.02 Å². The molecule has 7 heteroatoms. The predicted molar refractivity (Wildman–Crippen MR) is 72.8 cm³/mol. The molecule has 0 heterocycles. The Bertz CT molecular complexity index is 486. The Hall–Kier alpha value is -1.79. The van der Waals surface area contributed by atoms with Crippen LogP contribution in [0.4, 0.5) is 0 Å². The number of ether oxygens (including phenoxy) is 1. The lowest BCUT2D eigenvalue weighted by Gasteiger charge is -2.26. The summed E-state index contributed by atoms with van der Waals surface area (Å²) >= 11 is 5.74. The van der Waals surface area contributed by atoms with Gasteiger partial charge in [0.15, 0.2) is 5.60 Å². The Kier molecular flexibility index (Phi) is 5.35. The van der Waals surface area contributed by atoms with E-state index in [0.29, 0.717) is 10.8 Å². The van der Waals surface area contributed by atoms with E-state index in [2.05, 4.69) is 5.32 Å². The Morgan fingerprint density at radius 3 is 2.35 bits per heavy atom. The van der Waals surface area contributed by atoms with Gasteiger partial charge in [0.25, 0.3) is 5.91 Å². The number of carboxylic acid groups (broad SMARTS) is 1. The second-order valence-electron chi connectivity index (χ2n) is 4.61. The maximum absolute atomic E-state index is 12.0. The molecule has 1 aromatic carbocycles. The number of aliphatic carboxylic acids is 1. The van der Waals surface area contributed by atoms with E-state index in [4.69, 9.17) is 26.6 Å². The molecule has 0 aliphatic carbocycles. The van der Waals surface area contributed by atoms with Gasteiger partial charge in [-0.2, -0.15) is 0 Å². The minimum atomic E-state index is -1.37. The van der Waals surface area contributed by atoms with Crippen molar-refractivity contribution in [3.63, 3.8) is 0 Å². The number of hydrogen-bond acceptors (Lipinski definition) is 4. The van der Waals surface area contributed by atoms with E-state index in [1.807, 2.05) is 0 Å². The Morgan fingerprint density at radius 2 is 1.90 bits per heavy atom. The first-order valence-corrected chi connectivity index (χ1v) is 6.23. The average Bonchev–Trinajstić information content (AvgIpc) is 2.37. The summed E-state index contributed by atoms with van der Waals surface area (Å²) < 4.78 is 5.50. The van der Waals surface area contributed by atoms with Crippen LogP contribution in [-0.4, -0.2) is 40.3 Å². The molecule has 1 rings (SSSR count). The van der Waals surface area contributed by atoms with Gasteiger partial charge in [-0.3, -0.25) is 4.79 Å². The van der Waals surface area contributed by atoms with Gasteiger partial charge >= 0.3 is 5.97 Å². The molecule has 1 atom stereocenters. The molecule has 0 saturated heterocycles. The molecule has 110 valence electrons. The number of carbonyl (C=O) groups is 2. The molecular formula is C13H16ClNO5. The van der Waals surface area contributed by atoms with Crippen LogP contribution in [0.5, 0.6) is 5.75 Å². The number of rotatable bonds is 6. The van der Waals surface area contributed by atoms with Crippen LogP contribution >= 0.6 is 11.6 Å². The van der Waals surface area contributed by atoms with Gasteiger partial charge in [-0.05, 0) is 38.1 Å². The van der Waals surface area contributed by atoms with Crippen LogP contribution in [0.1, 0.15) is 13.8 Å². The van der Waals surface area contributed by atoms with Crippen molar-refractivity contribution in [2.24, 2.45) is 0 Å². The number of aliphatic hydroxyl groups is 1. The zero-order valence-electron chi connectivity index (χ0n) is 11.1. The van der Waals surface area contributed by atoms with Crippen molar-refractivity contribution in [1.82, 2.24) is 5.32 Å². The number of carbonyl (C=O) groups excluding carboxylic acids is 1. The minimum absolute atomic E-state index is 0.422. The molecule has 0 saturated carbocycles. The lowest BCUT2D eigenvalue weighted by molar-refractivity contribution is -0.146. The highest BCUT2D eigenvalue weighted by atomic mass is 35.5. The standard InChI is InChI=1S/C13H16ClNO5/c1-13(2,12(19)15-10(7-16)11(17)18)20-9-5-3-8(14)4-6-9/h3-6,10,16H,7H2,1-2H3,(H,15,19)(H,17,18)/t10-/m0/s1. The second-order valence-corrected chi connectivity index (χ2v) is 5.05. The van der Waals surface area contributed by atoms with Gasteiger partial charge in [0.05, 0.1) is 6.61 Å². The minimum Gasteiger partial charge on any atom is -0.480 e. The van der Waals surface area contributed by atoms with Crippen molar-refractivity contribution < 1.29 is 24.5 Å². The van der Waals surface area contributed by atoms with E-state index in [-0.39, 0.29) is 0 Å². The number of carboxylic acids is 1. The van der Waals surface area contributed by atoms with Crippen LogP contribution < -0.4 is 10.1 Å². The summed E-state index contributed by atoms with van der Waals surface area (Å²) in [4.78, 5) is 22.7. The van der Waals surface area contributed by atoms with Gasteiger partial charge in [-0.25, -0.2) is 4.79 Å². The number of aliphatic hydroxyl groups excluding tert-OH is 1. The highest BCUT2D eigenvalue weighted by molar-refractivity contribution is 6.30. The lowest BCUT2D eigenvalue weighted by Crippen LogP contribution is -2.53. The molecule has 1 aromatic rings. The molecule has 0 spiro atoms. The Morgan fingerprint density at radius 1 is 1.35 bits per heavy atom. The van der Waals surface area contributed by atoms with Gasteiger partial charge < -0.3 is 20.3 Å². The van der Waals surface area contributed by atoms with E-state index in [9.17, 15) is 9.59 Å². The van der Waals surface area contributed by atoms with Gasteiger partial charge in [0.2, 0.25) is 0 Å². The molecule has 6 nitrogen and oxygen atoms in total. The zero-order valence-corrected chi connectivity index (χ0v) is 11.8. The average molecular weight is 302 g/mol. The predicted octanol–water partition coefficient (Wildman–Crippen LogP) is 1.06. The number of hydrogen-bond donors (Lipinski definition) is 3. The largest absolute Gasteiger partial charge is 0.480 e. The summed E-state index contributed by atoms with van der Waals surface area (Å²) in [5.41, 5.74) is -1.29. The van der Waals surface area contributed by atoms with E-state index in [0.717, 1.165) is 0 Å². The third-order valence-electron chi connectivity index (χ3n) is 2.52. The number of nitrogens with one attached hydrogen (secondary N) is 1. The normalized spacial score (nSPS) is 12.6. The lowest BCUT2D eigenvalue weighted by atomic mass is 10.1. The quantitative estimate of drug-likeness (QED) is 0.730. The van der Waals surface area contributed by atoms with Crippen molar-refractivity contribution in [2.45, 2.75) is 25.5 Å². The summed E-state index contributed by atoms with van der Waals surface area (Å²) in [6, 6.07) is 5.04. The van der Waals surface area contributed by atoms with E-state index < -0.39 is 30.1 Å². The smallest absolute Gasteiger partial charge is 0.328 e. The highest BCUT2D eigenvalue weighted by Crippen LogP contribution is 2.21. The SMILES string of the molecule is CC(C)(Oc1ccc(Cl)cc1)C(=O)N[C@@H](CO)C(=O)O. The molecule has 20 heavy (non-hydrogen) atoms. The van der Waals surface area contributed by atoms with Crippen molar-refractivity contribution >= 4 is 23.5 Å². The first kappa shape index (κ1) is 16.3. The summed E-state index contributed by atoms with van der Waals surface area (Å²) in [6.07, 6.45) is 0. The van der Waals surface area contributed by atoms with Crippen molar-refractivity contribution in [2.75, 3.05) is 6.61 Å². The van der Waals surface area contributed by atoms with Gasteiger partial charge in [0.1, 0.15) is 11.8 Å². The molecular weight excluding hydrogens is 286 g/mol. The molecule has 0 fully saturated rings. The maximum atomic E-state index is 12.0. The zero-order chi connectivity index (χ0) is 15.3. The van der Waals surface area contributed by atoms with Gasteiger partial charge in [-0.1, -0.05) is 11.6 Å². The second kappa shape index (κ2) is 6.58. The summed E-state index contributed by atoms with van der Waals surface area (Å²) in [6.45, 7) is 2.29. The van der Waals surface area contributed by atoms with Crippen LogP contribution in [0.3, 0.4) is 0 Å². The summed E-state index contributed by atoms with van der Waals surface area (Å²) in [5.74, 6) is -1.54. The molecule has 3 N–H and O–H groups in total. The Labute approximate surface area is 121 Å². The molecule has 0 aromatic heterocycles. The summed E-state index contributed by atoms with van der Waals surface area (Å²) in [7, 11) is 0. The molecule has 0 bridgehead atoms. The number of benzene rings is 1. The molecule has 0 aliphatic heterocycles. The van der Waals surface area contributed by atoms with Crippen LogP contribution in [0.15, 0.2) is 24.3 Å². The van der Waals surface area contributed by atoms with E-state index in [1.54, 1.807) is 24.3 Å². The third-order valence-corrected chi connectivity index (χ3v) is 2.77. The Balaban J connectivity index is 2.74. The number of halogens is 1. The van der Waals surface area contributed by atoms with E-state index in [1.165, 1.54) is 13.8 Å². The van der Waals surface area contributed by atoms with Crippen LogP contribution in [-0.2, 0) is 9.59 Å². The van der Waals surface area contributed by atoms with Gasteiger partial charge in [-0.15, -0.1) is 0 Å². The first-order chi connectivity index (χ1) is 9.26. The van der Waals surface area contributed by atoms with Crippen LogP contribution in [0.25, 0.3) is 0 Å². The molecule has 0 unspecified atom stereocenters. The van der Waals surface area contributed by atoms with Crippen molar-refractivity contribution in [3.05, 3.63) is 29.3 Å². The fraction of sp³-hybridized carbons (Fsp3) is 0.385. The maximum Gasteiger partial charge on any atom is 0.328 e. The van der Waals surface area contributed by atoms with Crippen LogP contribution in [0, 0.1) is 0 Å². The highest BCUT2D eigenvalue weighted by Gasteiger charge is 2.33. The fourth-order valence-electron chi connectivity index (χ4n) is 1.36. The summed E-state index contributed by atoms with van der Waals surface area (Å²) in [5, 5.41) is 20.4. The van der Waals surface area contributed by atoms with Gasteiger partial charge in [0, 0.05) is 5.02 Å². The van der Waals surface area contributed by atoms with Crippen molar-refractivity contribution in [3.8, 4) is 5.75 Å². The van der Waals surface area contributed by atoms with E-state index >= 15 is 0 Å². The molecule has 0 radical (unpaired) electrons. The monoisotopic (exact) mass is 301 g/mol. The fourth-order valence-corrected chi connectivity index (χ4v) is 1.49. The first-order valence-electron chi connectivity index (χ1n) is 5.85.